The summed E-state index contributed by atoms with van der Waals surface area (Å²) in [5, 5.41) is 5.46. The third kappa shape index (κ3) is 2.91. The molecule has 0 fully saturated rings. The van der Waals surface area contributed by atoms with Crippen molar-refractivity contribution in [3.05, 3.63) is 56.4 Å². The van der Waals surface area contributed by atoms with Gasteiger partial charge >= 0.3 is 0 Å². The van der Waals surface area contributed by atoms with Gasteiger partial charge in [-0.05, 0) is 52.1 Å². The molecule has 1 aromatic carbocycles. The van der Waals surface area contributed by atoms with E-state index in [1.165, 1.54) is 17.0 Å². The van der Waals surface area contributed by atoms with Gasteiger partial charge in [0.15, 0.2) is 0 Å². The van der Waals surface area contributed by atoms with Crippen LogP contribution in [0.1, 0.15) is 30.3 Å². The third-order valence-corrected chi connectivity index (χ3v) is 5.44. The SMILES string of the molecule is CNC(c1sccc1Br)C(C)(C)c1ccc(F)cc1. The first kappa shape index (κ1) is 14.7. The predicted molar refractivity (Wildman–Crippen MR) is 83.2 cm³/mol. The van der Waals surface area contributed by atoms with Gasteiger partial charge in [0.05, 0.1) is 6.04 Å². The minimum absolute atomic E-state index is 0.129. The molecule has 0 aliphatic heterocycles. The van der Waals surface area contributed by atoms with Gasteiger partial charge in [-0.3, -0.25) is 0 Å². The van der Waals surface area contributed by atoms with Gasteiger partial charge in [-0.15, -0.1) is 11.3 Å². The Morgan fingerprint density at radius 2 is 1.84 bits per heavy atom. The second kappa shape index (κ2) is 5.73. The zero-order chi connectivity index (χ0) is 14.0. The first-order valence-electron chi connectivity index (χ1n) is 6.13. The molecule has 0 radical (unpaired) electrons. The normalized spacial score (nSPS) is 13.5. The van der Waals surface area contributed by atoms with Crippen LogP contribution in [-0.4, -0.2) is 7.05 Å². The molecule has 2 aromatic rings. The van der Waals surface area contributed by atoms with Gasteiger partial charge in [-0.1, -0.05) is 26.0 Å². The van der Waals surface area contributed by atoms with E-state index in [1.807, 2.05) is 19.2 Å². The molecular weight excluding hydrogens is 325 g/mol. The molecule has 4 heteroatoms. The predicted octanol–water partition coefficient (Wildman–Crippen LogP) is 4.89. The van der Waals surface area contributed by atoms with Crippen molar-refractivity contribution in [3.63, 3.8) is 0 Å². The smallest absolute Gasteiger partial charge is 0.123 e. The number of thiophene rings is 1. The molecule has 0 bridgehead atoms. The number of rotatable bonds is 4. The zero-order valence-electron chi connectivity index (χ0n) is 11.2. The van der Waals surface area contributed by atoms with Crippen LogP contribution >= 0.6 is 27.3 Å². The lowest BCUT2D eigenvalue weighted by molar-refractivity contribution is 0.372. The Bertz CT molecular complexity index is 548. The van der Waals surface area contributed by atoms with Crippen molar-refractivity contribution in [2.75, 3.05) is 7.05 Å². The summed E-state index contributed by atoms with van der Waals surface area (Å²) in [5.74, 6) is -0.196. The molecule has 0 aliphatic carbocycles. The lowest BCUT2D eigenvalue weighted by atomic mass is 9.77. The quantitative estimate of drug-likeness (QED) is 0.834. The van der Waals surface area contributed by atoms with Crippen molar-refractivity contribution in [1.82, 2.24) is 5.32 Å². The van der Waals surface area contributed by atoms with E-state index in [9.17, 15) is 4.39 Å². The molecule has 1 atom stereocenters. The highest BCUT2D eigenvalue weighted by atomic mass is 79.9. The molecule has 1 heterocycles. The fourth-order valence-corrected chi connectivity index (χ4v) is 4.27. The summed E-state index contributed by atoms with van der Waals surface area (Å²) in [6.45, 7) is 4.35. The lowest BCUT2D eigenvalue weighted by Gasteiger charge is -2.34. The first-order valence-corrected chi connectivity index (χ1v) is 7.80. The second-order valence-corrected chi connectivity index (χ2v) is 6.89. The lowest BCUT2D eigenvalue weighted by Crippen LogP contribution is -2.35. The molecule has 2 rings (SSSR count). The molecule has 19 heavy (non-hydrogen) atoms. The van der Waals surface area contributed by atoms with Crippen molar-refractivity contribution in [2.45, 2.75) is 25.3 Å². The molecule has 0 aliphatic rings. The van der Waals surface area contributed by atoms with E-state index in [-0.39, 0.29) is 17.3 Å². The molecule has 1 nitrogen and oxygen atoms in total. The highest BCUT2D eigenvalue weighted by Crippen LogP contribution is 2.41. The zero-order valence-corrected chi connectivity index (χ0v) is 13.6. The monoisotopic (exact) mass is 341 g/mol. The van der Waals surface area contributed by atoms with E-state index >= 15 is 0 Å². The highest BCUT2D eigenvalue weighted by Gasteiger charge is 2.33. The Hall–Kier alpha value is -0.710. The minimum Gasteiger partial charge on any atom is -0.312 e. The summed E-state index contributed by atoms with van der Waals surface area (Å²) in [6, 6.07) is 9.00. The summed E-state index contributed by atoms with van der Waals surface area (Å²) < 4.78 is 14.2. The molecule has 0 saturated carbocycles. The van der Waals surface area contributed by atoms with Crippen LogP contribution in [0.2, 0.25) is 0 Å². The Morgan fingerprint density at radius 1 is 1.21 bits per heavy atom. The summed E-state index contributed by atoms with van der Waals surface area (Å²) in [5.41, 5.74) is 0.990. The van der Waals surface area contributed by atoms with Crippen LogP contribution in [0.5, 0.6) is 0 Å². The Balaban J connectivity index is 2.41. The fraction of sp³-hybridized carbons (Fsp3) is 0.333. The standard InChI is InChI=1S/C15H17BrFNS/c1-15(2,10-4-6-11(17)7-5-10)14(18-3)13-12(16)8-9-19-13/h4-9,14,18H,1-3H3. The van der Waals surface area contributed by atoms with Gasteiger partial charge in [0.1, 0.15) is 5.82 Å². The fourth-order valence-electron chi connectivity index (χ4n) is 2.38. The van der Waals surface area contributed by atoms with Gasteiger partial charge < -0.3 is 5.32 Å². The van der Waals surface area contributed by atoms with Crippen LogP contribution in [-0.2, 0) is 5.41 Å². The number of benzene rings is 1. The van der Waals surface area contributed by atoms with Crippen LogP contribution in [0.25, 0.3) is 0 Å². The summed E-state index contributed by atoms with van der Waals surface area (Å²) in [4.78, 5) is 1.26. The van der Waals surface area contributed by atoms with Gasteiger partial charge in [-0.25, -0.2) is 4.39 Å². The van der Waals surface area contributed by atoms with E-state index in [2.05, 4.69) is 46.5 Å². The number of nitrogens with one attached hydrogen (secondary N) is 1. The largest absolute Gasteiger partial charge is 0.312 e. The molecule has 1 aromatic heterocycles. The van der Waals surface area contributed by atoms with Gasteiger partial charge in [0, 0.05) is 14.8 Å². The first-order chi connectivity index (χ1) is 8.96. The maximum absolute atomic E-state index is 13.1. The summed E-state index contributed by atoms with van der Waals surface area (Å²) in [6.07, 6.45) is 0. The van der Waals surface area contributed by atoms with Crippen LogP contribution in [0.3, 0.4) is 0 Å². The average molecular weight is 342 g/mol. The van der Waals surface area contributed by atoms with Crippen molar-refractivity contribution in [3.8, 4) is 0 Å². The van der Waals surface area contributed by atoms with Crippen LogP contribution in [0.4, 0.5) is 4.39 Å². The minimum atomic E-state index is -0.196. The molecule has 1 unspecified atom stereocenters. The molecule has 1 N–H and O–H groups in total. The molecule has 0 spiro atoms. The third-order valence-electron chi connectivity index (χ3n) is 3.51. The van der Waals surface area contributed by atoms with Crippen molar-refractivity contribution in [2.24, 2.45) is 0 Å². The Labute approximate surface area is 126 Å². The Morgan fingerprint density at radius 3 is 2.32 bits per heavy atom. The molecule has 102 valence electrons. The van der Waals surface area contributed by atoms with Crippen molar-refractivity contribution >= 4 is 27.3 Å². The number of halogens is 2. The maximum Gasteiger partial charge on any atom is 0.123 e. The highest BCUT2D eigenvalue weighted by molar-refractivity contribution is 9.10. The number of likely N-dealkylation sites (N-methyl/N-ethyl adjacent to an activating group) is 1. The van der Waals surface area contributed by atoms with Crippen LogP contribution in [0.15, 0.2) is 40.2 Å². The van der Waals surface area contributed by atoms with Crippen LogP contribution in [0, 0.1) is 5.82 Å². The topological polar surface area (TPSA) is 12.0 Å². The number of hydrogen-bond acceptors (Lipinski definition) is 2. The summed E-state index contributed by atoms with van der Waals surface area (Å²) in [7, 11) is 1.96. The van der Waals surface area contributed by atoms with Gasteiger partial charge in [0.25, 0.3) is 0 Å². The van der Waals surface area contributed by atoms with E-state index in [1.54, 1.807) is 11.3 Å². The summed E-state index contributed by atoms with van der Waals surface area (Å²) >= 11 is 5.32. The van der Waals surface area contributed by atoms with Crippen molar-refractivity contribution < 1.29 is 4.39 Å². The van der Waals surface area contributed by atoms with Gasteiger partial charge in [0.2, 0.25) is 0 Å². The molecular formula is C15H17BrFNS. The second-order valence-electron chi connectivity index (χ2n) is 5.08. The van der Waals surface area contributed by atoms with E-state index < -0.39 is 0 Å². The van der Waals surface area contributed by atoms with Gasteiger partial charge in [-0.2, -0.15) is 0 Å². The molecule has 0 saturated heterocycles. The van der Waals surface area contributed by atoms with Crippen LogP contribution < -0.4 is 5.32 Å². The molecule has 0 amide bonds. The van der Waals surface area contributed by atoms with E-state index in [4.69, 9.17) is 0 Å². The maximum atomic E-state index is 13.1. The van der Waals surface area contributed by atoms with Crippen molar-refractivity contribution in [1.29, 1.82) is 0 Å². The van der Waals surface area contributed by atoms with E-state index in [0.717, 1.165) is 10.0 Å². The van der Waals surface area contributed by atoms with E-state index in [0.29, 0.717) is 0 Å². The number of hydrogen-bond donors (Lipinski definition) is 1. The average Bonchev–Trinajstić information content (AvgIpc) is 2.77. The Kier molecular flexibility index (Phi) is 4.43.